The molecule has 1 aliphatic carbocycles. The van der Waals surface area contributed by atoms with Crippen LogP contribution in [-0.4, -0.2) is 30.9 Å². The molecule has 7 heteroatoms. The molecule has 1 aliphatic rings. The summed E-state index contributed by atoms with van der Waals surface area (Å²) in [4.78, 5) is 11.3. The van der Waals surface area contributed by atoms with Crippen LogP contribution in [0.15, 0.2) is 0 Å². The van der Waals surface area contributed by atoms with E-state index in [0.717, 1.165) is 15.8 Å². The highest BCUT2D eigenvalue weighted by Gasteiger charge is 2.23. The summed E-state index contributed by atoms with van der Waals surface area (Å²) in [6.07, 6.45) is 6.38. The lowest BCUT2D eigenvalue weighted by Gasteiger charge is -2.03. The van der Waals surface area contributed by atoms with Crippen LogP contribution in [0.4, 0.5) is 0 Å². The molecule has 0 spiro atoms. The lowest BCUT2D eigenvalue weighted by molar-refractivity contribution is -0.137. The summed E-state index contributed by atoms with van der Waals surface area (Å²) in [7, 11) is 0. The van der Waals surface area contributed by atoms with Gasteiger partial charge in [-0.3, -0.25) is 4.79 Å². The average Bonchev–Trinajstić information content (AvgIpc) is 3.01. The van der Waals surface area contributed by atoms with Crippen molar-refractivity contribution in [1.82, 2.24) is 19.8 Å². The van der Waals surface area contributed by atoms with Crippen LogP contribution < -0.4 is 0 Å². The van der Waals surface area contributed by atoms with Crippen molar-refractivity contribution in [2.75, 3.05) is 0 Å². The molecule has 0 aliphatic heterocycles. The van der Waals surface area contributed by atoms with Gasteiger partial charge in [-0.15, -0.1) is 10.2 Å². The number of rotatable bonds is 5. The van der Waals surface area contributed by atoms with Gasteiger partial charge in [-0.05, 0) is 19.3 Å². The van der Waals surface area contributed by atoms with Gasteiger partial charge < -0.3 is 5.11 Å². The first kappa shape index (κ1) is 12.5. The molecule has 19 heavy (non-hydrogen) atoms. The van der Waals surface area contributed by atoms with Crippen LogP contribution in [0.3, 0.4) is 0 Å². The standard InChI is InChI=1S/C12H16N4O2S/c17-10(18)7-3-6-9-15-16-11(8-4-1-2-5-8)13-14-12(16)19-9/h8H,1-7H2,(H,17,18). The van der Waals surface area contributed by atoms with Gasteiger partial charge >= 0.3 is 5.97 Å². The van der Waals surface area contributed by atoms with E-state index >= 15 is 0 Å². The Morgan fingerprint density at radius 1 is 1.37 bits per heavy atom. The summed E-state index contributed by atoms with van der Waals surface area (Å²) in [5.74, 6) is 0.715. The predicted molar refractivity (Wildman–Crippen MR) is 70.4 cm³/mol. The summed E-state index contributed by atoms with van der Waals surface area (Å²) in [5, 5.41) is 22.5. The molecule has 6 nitrogen and oxygen atoms in total. The Kier molecular flexibility index (Phi) is 3.46. The minimum absolute atomic E-state index is 0.190. The predicted octanol–water partition coefficient (Wildman–Crippen LogP) is 2.25. The zero-order valence-electron chi connectivity index (χ0n) is 10.6. The van der Waals surface area contributed by atoms with E-state index < -0.39 is 5.97 Å². The first-order valence-electron chi connectivity index (χ1n) is 6.67. The number of carboxylic acid groups (broad SMARTS) is 1. The van der Waals surface area contributed by atoms with E-state index in [9.17, 15) is 4.79 Å². The van der Waals surface area contributed by atoms with Gasteiger partial charge in [0.25, 0.3) is 0 Å². The number of aliphatic carboxylic acids is 1. The Balaban J connectivity index is 1.75. The maximum absolute atomic E-state index is 10.5. The Morgan fingerprint density at radius 3 is 2.89 bits per heavy atom. The van der Waals surface area contributed by atoms with Gasteiger partial charge in [-0.2, -0.15) is 9.61 Å². The second-order valence-electron chi connectivity index (χ2n) is 4.98. The van der Waals surface area contributed by atoms with E-state index in [1.807, 2.05) is 4.52 Å². The second kappa shape index (κ2) is 5.24. The minimum Gasteiger partial charge on any atom is -0.481 e. The summed E-state index contributed by atoms with van der Waals surface area (Å²) >= 11 is 1.51. The van der Waals surface area contributed by atoms with E-state index in [4.69, 9.17) is 5.11 Å². The van der Waals surface area contributed by atoms with E-state index in [0.29, 0.717) is 18.8 Å². The van der Waals surface area contributed by atoms with E-state index in [-0.39, 0.29) is 6.42 Å². The maximum Gasteiger partial charge on any atom is 0.303 e. The molecule has 1 fully saturated rings. The second-order valence-corrected chi connectivity index (χ2v) is 6.02. The number of carboxylic acids is 1. The average molecular weight is 280 g/mol. The smallest absolute Gasteiger partial charge is 0.303 e. The Labute approximate surface area is 114 Å². The third-order valence-corrected chi connectivity index (χ3v) is 4.52. The number of nitrogens with zero attached hydrogens (tertiary/aromatic N) is 4. The highest BCUT2D eigenvalue weighted by molar-refractivity contribution is 7.16. The third-order valence-electron chi connectivity index (χ3n) is 3.56. The number of hydrogen-bond donors (Lipinski definition) is 1. The van der Waals surface area contributed by atoms with Gasteiger partial charge in [0.15, 0.2) is 5.82 Å². The van der Waals surface area contributed by atoms with Crippen molar-refractivity contribution < 1.29 is 9.90 Å². The van der Waals surface area contributed by atoms with Crippen LogP contribution in [0.1, 0.15) is 55.3 Å². The topological polar surface area (TPSA) is 80.4 Å². The molecule has 0 saturated heterocycles. The molecule has 0 bridgehead atoms. The number of aromatic nitrogens is 4. The van der Waals surface area contributed by atoms with Gasteiger partial charge in [0.05, 0.1) is 0 Å². The first-order chi connectivity index (χ1) is 9.24. The van der Waals surface area contributed by atoms with Crippen molar-refractivity contribution in [1.29, 1.82) is 0 Å². The van der Waals surface area contributed by atoms with Gasteiger partial charge in [-0.1, -0.05) is 24.2 Å². The highest BCUT2D eigenvalue weighted by atomic mass is 32.1. The Hall–Kier alpha value is -1.50. The molecule has 0 unspecified atom stereocenters. The van der Waals surface area contributed by atoms with Crippen molar-refractivity contribution in [3.63, 3.8) is 0 Å². The van der Waals surface area contributed by atoms with E-state index in [2.05, 4.69) is 15.3 Å². The van der Waals surface area contributed by atoms with Gasteiger partial charge in [0.2, 0.25) is 4.96 Å². The van der Waals surface area contributed by atoms with Crippen molar-refractivity contribution in [3.8, 4) is 0 Å². The molecule has 0 atom stereocenters. The molecule has 2 aromatic rings. The fourth-order valence-corrected chi connectivity index (χ4v) is 3.48. The van der Waals surface area contributed by atoms with Gasteiger partial charge in [-0.25, -0.2) is 0 Å². The van der Waals surface area contributed by atoms with Crippen LogP contribution in [0.2, 0.25) is 0 Å². The summed E-state index contributed by atoms with van der Waals surface area (Å²) in [6, 6.07) is 0. The van der Waals surface area contributed by atoms with Crippen LogP contribution in [0.5, 0.6) is 0 Å². The summed E-state index contributed by atoms with van der Waals surface area (Å²) < 4.78 is 1.86. The molecular weight excluding hydrogens is 264 g/mol. The minimum atomic E-state index is -0.755. The first-order valence-corrected chi connectivity index (χ1v) is 7.48. The lowest BCUT2D eigenvalue weighted by atomic mass is 10.1. The van der Waals surface area contributed by atoms with Crippen LogP contribution in [0.25, 0.3) is 4.96 Å². The van der Waals surface area contributed by atoms with Crippen LogP contribution in [0, 0.1) is 0 Å². The van der Waals surface area contributed by atoms with E-state index in [1.54, 1.807) is 0 Å². The highest BCUT2D eigenvalue weighted by Crippen LogP contribution is 2.33. The Bertz CT molecular complexity index is 586. The molecule has 2 aromatic heterocycles. The maximum atomic E-state index is 10.5. The molecule has 2 heterocycles. The van der Waals surface area contributed by atoms with Crippen molar-refractivity contribution >= 4 is 22.3 Å². The lowest BCUT2D eigenvalue weighted by Crippen LogP contribution is -2.02. The molecule has 0 amide bonds. The molecule has 1 N–H and O–H groups in total. The van der Waals surface area contributed by atoms with Gasteiger partial charge in [0, 0.05) is 18.8 Å². The van der Waals surface area contributed by atoms with Crippen molar-refractivity contribution in [2.45, 2.75) is 50.9 Å². The fourth-order valence-electron chi connectivity index (χ4n) is 2.60. The largest absolute Gasteiger partial charge is 0.481 e. The van der Waals surface area contributed by atoms with E-state index in [1.165, 1.54) is 37.0 Å². The summed E-state index contributed by atoms with van der Waals surface area (Å²) in [5.41, 5.74) is 0. The van der Waals surface area contributed by atoms with Crippen molar-refractivity contribution in [2.24, 2.45) is 0 Å². The van der Waals surface area contributed by atoms with Crippen LogP contribution in [-0.2, 0) is 11.2 Å². The number of aryl methyl sites for hydroxylation is 1. The molecule has 0 aromatic carbocycles. The van der Waals surface area contributed by atoms with Crippen molar-refractivity contribution in [3.05, 3.63) is 10.8 Å². The quantitative estimate of drug-likeness (QED) is 0.908. The van der Waals surface area contributed by atoms with Gasteiger partial charge in [0.1, 0.15) is 5.01 Å². The molecule has 0 radical (unpaired) electrons. The number of hydrogen-bond acceptors (Lipinski definition) is 5. The molecule has 1 saturated carbocycles. The molecule has 102 valence electrons. The zero-order chi connectivity index (χ0) is 13.2. The summed E-state index contributed by atoms with van der Waals surface area (Å²) in [6.45, 7) is 0. The number of fused-ring (bicyclic) bond motifs is 1. The number of carbonyl (C=O) groups is 1. The zero-order valence-corrected chi connectivity index (χ0v) is 11.4. The molecular formula is C12H16N4O2S. The molecule has 3 rings (SSSR count). The third kappa shape index (κ3) is 2.60. The SMILES string of the molecule is O=C(O)CCCc1nn2c(C3CCCC3)nnc2s1. The fraction of sp³-hybridized carbons (Fsp3) is 0.667. The normalized spacial score (nSPS) is 16.4. The monoisotopic (exact) mass is 280 g/mol. The Morgan fingerprint density at radius 2 is 2.16 bits per heavy atom. The van der Waals surface area contributed by atoms with Crippen LogP contribution >= 0.6 is 11.3 Å².